The Bertz CT molecular complexity index is 325. The molecule has 1 aliphatic rings. The summed E-state index contributed by atoms with van der Waals surface area (Å²) in [6, 6.07) is 8.95. The molecular formula is C15H22O. The zero-order valence-electron chi connectivity index (χ0n) is 10.6. The molecule has 0 bridgehead atoms. The largest absolute Gasteiger partial charge is 0.374 e. The van der Waals surface area contributed by atoms with E-state index in [2.05, 4.69) is 45.0 Å². The van der Waals surface area contributed by atoms with Crippen molar-refractivity contribution in [1.82, 2.24) is 0 Å². The molecule has 1 aromatic carbocycles. The molecule has 1 heterocycles. The Hall–Kier alpha value is -0.820. The minimum Gasteiger partial charge on any atom is -0.374 e. The molecule has 0 amide bonds. The molecule has 2 rings (SSSR count). The Morgan fingerprint density at radius 1 is 1.06 bits per heavy atom. The van der Waals surface area contributed by atoms with Gasteiger partial charge in [0.05, 0.1) is 6.10 Å². The molecule has 1 unspecified atom stereocenters. The zero-order valence-corrected chi connectivity index (χ0v) is 10.6. The molecule has 1 atom stereocenters. The Labute approximate surface area is 98.8 Å². The molecule has 1 aromatic rings. The molecule has 16 heavy (non-hydrogen) atoms. The van der Waals surface area contributed by atoms with Crippen LogP contribution in [0, 0.1) is 0 Å². The molecule has 1 nitrogen and oxygen atoms in total. The van der Waals surface area contributed by atoms with Gasteiger partial charge in [-0.3, -0.25) is 0 Å². The highest BCUT2D eigenvalue weighted by molar-refractivity contribution is 5.28. The van der Waals surface area contributed by atoms with Crippen LogP contribution in [0.3, 0.4) is 0 Å². The topological polar surface area (TPSA) is 9.23 Å². The van der Waals surface area contributed by atoms with E-state index in [0.29, 0.717) is 6.10 Å². The maximum Gasteiger partial charge on any atom is 0.0824 e. The van der Waals surface area contributed by atoms with E-state index in [1.165, 1.54) is 30.4 Å². The quantitative estimate of drug-likeness (QED) is 0.685. The van der Waals surface area contributed by atoms with Crippen LogP contribution in [-0.4, -0.2) is 6.61 Å². The van der Waals surface area contributed by atoms with Crippen LogP contribution in [0.1, 0.15) is 57.3 Å². The van der Waals surface area contributed by atoms with E-state index < -0.39 is 0 Å². The second kappa shape index (κ2) is 4.58. The van der Waals surface area contributed by atoms with Crippen LogP contribution >= 0.6 is 0 Å². The van der Waals surface area contributed by atoms with Gasteiger partial charge < -0.3 is 4.74 Å². The minimum atomic E-state index is 0.242. The van der Waals surface area contributed by atoms with Crippen molar-refractivity contribution in [3.05, 3.63) is 35.4 Å². The summed E-state index contributed by atoms with van der Waals surface area (Å²) in [6.07, 6.45) is 4.03. The molecule has 0 saturated carbocycles. The summed E-state index contributed by atoms with van der Waals surface area (Å²) in [6.45, 7) is 7.67. The molecule has 0 aromatic heterocycles. The second-order valence-corrected chi connectivity index (χ2v) is 5.73. The fourth-order valence-corrected chi connectivity index (χ4v) is 2.20. The Balaban J connectivity index is 2.12. The number of hydrogen-bond donors (Lipinski definition) is 0. The van der Waals surface area contributed by atoms with Gasteiger partial charge in [-0.1, -0.05) is 45.0 Å². The summed E-state index contributed by atoms with van der Waals surface area (Å²) < 4.78 is 5.79. The summed E-state index contributed by atoms with van der Waals surface area (Å²) in [5, 5.41) is 0. The highest BCUT2D eigenvalue weighted by Crippen LogP contribution is 2.29. The van der Waals surface area contributed by atoms with E-state index in [-0.39, 0.29) is 5.41 Å². The third kappa shape index (κ3) is 2.65. The molecule has 88 valence electrons. The summed E-state index contributed by atoms with van der Waals surface area (Å²) in [5.74, 6) is 0. The molecule has 0 spiro atoms. The number of rotatable bonds is 1. The normalized spacial score (nSPS) is 22.1. The monoisotopic (exact) mass is 218 g/mol. The lowest BCUT2D eigenvalue weighted by molar-refractivity contribution is 0.0149. The first-order valence-corrected chi connectivity index (χ1v) is 6.29. The first kappa shape index (κ1) is 11.7. The Morgan fingerprint density at radius 3 is 2.25 bits per heavy atom. The molecule has 0 radical (unpaired) electrons. The Kier molecular flexibility index (Phi) is 3.34. The van der Waals surface area contributed by atoms with Gasteiger partial charge in [-0.2, -0.15) is 0 Å². The molecule has 0 N–H and O–H groups in total. The van der Waals surface area contributed by atoms with Crippen molar-refractivity contribution in [2.24, 2.45) is 0 Å². The minimum absolute atomic E-state index is 0.242. The van der Waals surface area contributed by atoms with Crippen molar-refractivity contribution < 1.29 is 4.74 Å². The van der Waals surface area contributed by atoms with Gasteiger partial charge in [-0.05, 0) is 35.8 Å². The predicted octanol–water partition coefficient (Wildman–Crippen LogP) is 4.23. The van der Waals surface area contributed by atoms with Crippen LogP contribution in [0.5, 0.6) is 0 Å². The molecule has 1 saturated heterocycles. The standard InChI is InChI=1S/C15H22O/c1-15(2,3)13-9-7-12(8-10-13)14-6-4-5-11-16-14/h7-10,14H,4-6,11H2,1-3H3. The van der Waals surface area contributed by atoms with E-state index in [1.807, 2.05) is 0 Å². The van der Waals surface area contributed by atoms with E-state index in [9.17, 15) is 0 Å². The fraction of sp³-hybridized carbons (Fsp3) is 0.600. The lowest BCUT2D eigenvalue weighted by atomic mass is 9.86. The van der Waals surface area contributed by atoms with Gasteiger partial charge in [0.1, 0.15) is 0 Å². The summed E-state index contributed by atoms with van der Waals surface area (Å²) in [4.78, 5) is 0. The third-order valence-corrected chi connectivity index (χ3v) is 3.33. The summed E-state index contributed by atoms with van der Waals surface area (Å²) >= 11 is 0. The Morgan fingerprint density at radius 2 is 1.75 bits per heavy atom. The molecule has 1 fully saturated rings. The van der Waals surface area contributed by atoms with Gasteiger partial charge in [0.15, 0.2) is 0 Å². The van der Waals surface area contributed by atoms with Gasteiger partial charge >= 0.3 is 0 Å². The van der Waals surface area contributed by atoms with Crippen LogP contribution in [0.15, 0.2) is 24.3 Å². The first-order valence-electron chi connectivity index (χ1n) is 6.29. The summed E-state index contributed by atoms with van der Waals surface area (Å²) in [5.41, 5.74) is 2.98. The van der Waals surface area contributed by atoms with Crippen LogP contribution in [0.25, 0.3) is 0 Å². The molecular weight excluding hydrogens is 196 g/mol. The number of ether oxygens (including phenoxy) is 1. The molecule has 1 aliphatic heterocycles. The summed E-state index contributed by atoms with van der Waals surface area (Å²) in [7, 11) is 0. The van der Waals surface area contributed by atoms with Crippen molar-refractivity contribution >= 4 is 0 Å². The number of hydrogen-bond acceptors (Lipinski definition) is 1. The van der Waals surface area contributed by atoms with E-state index >= 15 is 0 Å². The highest BCUT2D eigenvalue weighted by atomic mass is 16.5. The first-order chi connectivity index (χ1) is 7.57. The average Bonchev–Trinajstić information content (AvgIpc) is 2.29. The SMILES string of the molecule is CC(C)(C)c1ccc(C2CCCCO2)cc1. The van der Waals surface area contributed by atoms with Gasteiger partial charge in [0, 0.05) is 6.61 Å². The fourth-order valence-electron chi connectivity index (χ4n) is 2.20. The predicted molar refractivity (Wildman–Crippen MR) is 67.7 cm³/mol. The van der Waals surface area contributed by atoms with Crippen molar-refractivity contribution in [2.45, 2.75) is 51.6 Å². The second-order valence-electron chi connectivity index (χ2n) is 5.73. The number of benzene rings is 1. The maximum absolute atomic E-state index is 5.79. The van der Waals surface area contributed by atoms with Gasteiger partial charge in [0.2, 0.25) is 0 Å². The van der Waals surface area contributed by atoms with Crippen molar-refractivity contribution in [2.75, 3.05) is 6.61 Å². The molecule has 0 aliphatic carbocycles. The third-order valence-electron chi connectivity index (χ3n) is 3.33. The lowest BCUT2D eigenvalue weighted by Gasteiger charge is -2.24. The van der Waals surface area contributed by atoms with Crippen LogP contribution < -0.4 is 0 Å². The van der Waals surface area contributed by atoms with Crippen LogP contribution in [0.4, 0.5) is 0 Å². The van der Waals surface area contributed by atoms with Crippen molar-refractivity contribution in [3.63, 3.8) is 0 Å². The van der Waals surface area contributed by atoms with Crippen molar-refractivity contribution in [3.8, 4) is 0 Å². The van der Waals surface area contributed by atoms with Gasteiger partial charge in [0.25, 0.3) is 0 Å². The van der Waals surface area contributed by atoms with E-state index in [0.717, 1.165) is 6.61 Å². The zero-order chi connectivity index (χ0) is 11.6. The van der Waals surface area contributed by atoms with E-state index in [4.69, 9.17) is 4.74 Å². The van der Waals surface area contributed by atoms with E-state index in [1.54, 1.807) is 0 Å². The smallest absolute Gasteiger partial charge is 0.0824 e. The lowest BCUT2D eigenvalue weighted by Crippen LogP contribution is -2.13. The van der Waals surface area contributed by atoms with Gasteiger partial charge in [-0.15, -0.1) is 0 Å². The van der Waals surface area contributed by atoms with Crippen LogP contribution in [-0.2, 0) is 10.2 Å². The van der Waals surface area contributed by atoms with Crippen molar-refractivity contribution in [1.29, 1.82) is 0 Å². The average molecular weight is 218 g/mol. The van der Waals surface area contributed by atoms with Gasteiger partial charge in [-0.25, -0.2) is 0 Å². The highest BCUT2D eigenvalue weighted by Gasteiger charge is 2.17. The molecule has 1 heteroatoms. The van der Waals surface area contributed by atoms with Crippen LogP contribution in [0.2, 0.25) is 0 Å². The maximum atomic E-state index is 5.79.